The minimum absolute atomic E-state index is 0.0500. The lowest BCUT2D eigenvalue weighted by Gasteiger charge is -2.15. The minimum atomic E-state index is 0.0500. The molecule has 0 spiro atoms. The molecular formula is C18H32O. The largest absolute Gasteiger partial charge is 0.393 e. The molecule has 3 fully saturated rings. The van der Waals surface area contributed by atoms with Crippen molar-refractivity contribution in [1.29, 1.82) is 0 Å². The third kappa shape index (κ3) is 2.86. The maximum Gasteiger partial charge on any atom is 0.0574 e. The molecule has 5 unspecified atom stereocenters. The van der Waals surface area contributed by atoms with Crippen molar-refractivity contribution in [2.24, 2.45) is 29.6 Å². The van der Waals surface area contributed by atoms with E-state index in [4.69, 9.17) is 0 Å². The van der Waals surface area contributed by atoms with E-state index in [0.717, 1.165) is 36.0 Å². The van der Waals surface area contributed by atoms with Crippen LogP contribution in [-0.4, -0.2) is 11.2 Å². The van der Waals surface area contributed by atoms with E-state index in [1.807, 2.05) is 0 Å². The molecule has 0 aromatic heterocycles. The Labute approximate surface area is 119 Å². The molecule has 0 heterocycles. The molecule has 1 heteroatoms. The highest BCUT2D eigenvalue weighted by molar-refractivity contribution is 5.14. The zero-order valence-corrected chi connectivity index (χ0v) is 12.7. The van der Waals surface area contributed by atoms with Crippen LogP contribution in [-0.2, 0) is 0 Å². The minimum Gasteiger partial charge on any atom is -0.393 e. The first-order chi connectivity index (χ1) is 9.33. The van der Waals surface area contributed by atoms with E-state index in [-0.39, 0.29) is 6.10 Å². The summed E-state index contributed by atoms with van der Waals surface area (Å²) in [6, 6.07) is 0. The van der Waals surface area contributed by atoms with E-state index >= 15 is 0 Å². The Hall–Kier alpha value is -0.0400. The summed E-state index contributed by atoms with van der Waals surface area (Å²) in [5.41, 5.74) is 0. The van der Waals surface area contributed by atoms with E-state index < -0.39 is 0 Å². The average Bonchev–Trinajstić information content (AvgIpc) is 2.86. The van der Waals surface area contributed by atoms with Gasteiger partial charge < -0.3 is 5.11 Å². The van der Waals surface area contributed by atoms with Crippen LogP contribution in [0.1, 0.15) is 77.6 Å². The SMILES string of the molecule is CCCCCCCCCC(O)C1C2C3CCC(C3)C12. The Bertz CT molecular complexity index is 271. The van der Waals surface area contributed by atoms with E-state index in [1.165, 1.54) is 64.2 Å². The number of unbranched alkanes of at least 4 members (excludes halogenated alkanes) is 6. The topological polar surface area (TPSA) is 20.2 Å². The summed E-state index contributed by atoms with van der Waals surface area (Å²) in [5, 5.41) is 10.4. The lowest BCUT2D eigenvalue weighted by Crippen LogP contribution is -2.15. The molecule has 5 atom stereocenters. The smallest absolute Gasteiger partial charge is 0.0574 e. The molecule has 110 valence electrons. The van der Waals surface area contributed by atoms with Crippen molar-refractivity contribution in [2.75, 3.05) is 0 Å². The van der Waals surface area contributed by atoms with Gasteiger partial charge in [0.25, 0.3) is 0 Å². The zero-order chi connectivity index (χ0) is 13.2. The maximum atomic E-state index is 10.4. The van der Waals surface area contributed by atoms with Crippen LogP contribution in [0.15, 0.2) is 0 Å². The third-order valence-corrected chi connectivity index (χ3v) is 6.34. The van der Waals surface area contributed by atoms with Crippen LogP contribution in [0.5, 0.6) is 0 Å². The van der Waals surface area contributed by atoms with Crippen molar-refractivity contribution in [2.45, 2.75) is 83.7 Å². The number of aliphatic hydroxyl groups is 1. The van der Waals surface area contributed by atoms with Crippen molar-refractivity contribution in [3.63, 3.8) is 0 Å². The first-order valence-electron chi connectivity index (χ1n) is 9.01. The second kappa shape index (κ2) is 6.16. The molecule has 0 amide bonds. The lowest BCUT2D eigenvalue weighted by molar-refractivity contribution is 0.116. The van der Waals surface area contributed by atoms with Crippen molar-refractivity contribution >= 4 is 0 Å². The predicted octanol–water partition coefficient (Wildman–Crippen LogP) is 4.78. The lowest BCUT2D eigenvalue weighted by atomic mass is 9.96. The monoisotopic (exact) mass is 264 g/mol. The van der Waals surface area contributed by atoms with E-state index in [0.29, 0.717) is 0 Å². The van der Waals surface area contributed by atoms with Gasteiger partial charge in [0.2, 0.25) is 0 Å². The summed E-state index contributed by atoms with van der Waals surface area (Å²) in [6.07, 6.45) is 15.2. The molecule has 3 rings (SSSR count). The molecule has 2 bridgehead atoms. The molecule has 0 aromatic rings. The second-order valence-corrected chi connectivity index (χ2v) is 7.54. The first-order valence-corrected chi connectivity index (χ1v) is 9.01. The van der Waals surface area contributed by atoms with Crippen molar-refractivity contribution in [3.8, 4) is 0 Å². The summed E-state index contributed by atoms with van der Waals surface area (Å²) in [5.74, 6) is 4.68. The van der Waals surface area contributed by atoms with Gasteiger partial charge in [0.15, 0.2) is 0 Å². The summed E-state index contributed by atoms with van der Waals surface area (Å²) in [6.45, 7) is 2.27. The Kier molecular flexibility index (Phi) is 4.51. The Balaban J connectivity index is 1.26. The number of hydrogen-bond acceptors (Lipinski definition) is 1. The van der Waals surface area contributed by atoms with Gasteiger partial charge in [-0.3, -0.25) is 0 Å². The second-order valence-electron chi connectivity index (χ2n) is 7.54. The van der Waals surface area contributed by atoms with Gasteiger partial charge in [-0.1, -0.05) is 51.9 Å². The molecule has 0 radical (unpaired) electrons. The van der Waals surface area contributed by atoms with Crippen LogP contribution in [0.3, 0.4) is 0 Å². The van der Waals surface area contributed by atoms with Gasteiger partial charge in [-0.25, -0.2) is 0 Å². The van der Waals surface area contributed by atoms with Crippen LogP contribution >= 0.6 is 0 Å². The van der Waals surface area contributed by atoms with Crippen molar-refractivity contribution < 1.29 is 5.11 Å². The molecule has 1 N–H and O–H groups in total. The molecule has 0 aromatic carbocycles. The molecule has 3 aliphatic carbocycles. The highest BCUT2D eigenvalue weighted by Gasteiger charge is 2.66. The van der Waals surface area contributed by atoms with Gasteiger partial charge in [-0.2, -0.15) is 0 Å². The van der Waals surface area contributed by atoms with Gasteiger partial charge in [0.05, 0.1) is 6.10 Å². The van der Waals surface area contributed by atoms with Gasteiger partial charge in [-0.05, 0) is 55.3 Å². The molecule has 19 heavy (non-hydrogen) atoms. The molecule has 1 nitrogen and oxygen atoms in total. The van der Waals surface area contributed by atoms with Crippen LogP contribution in [0.2, 0.25) is 0 Å². The van der Waals surface area contributed by atoms with Gasteiger partial charge >= 0.3 is 0 Å². The van der Waals surface area contributed by atoms with Gasteiger partial charge in [-0.15, -0.1) is 0 Å². The summed E-state index contributed by atoms with van der Waals surface area (Å²) < 4.78 is 0. The quantitative estimate of drug-likeness (QED) is 0.594. The number of rotatable bonds is 9. The summed E-state index contributed by atoms with van der Waals surface area (Å²) in [7, 11) is 0. The summed E-state index contributed by atoms with van der Waals surface area (Å²) in [4.78, 5) is 0. The number of aliphatic hydroxyl groups excluding tert-OH is 1. The summed E-state index contributed by atoms with van der Waals surface area (Å²) >= 11 is 0. The zero-order valence-electron chi connectivity index (χ0n) is 12.7. The Morgan fingerprint density at radius 1 is 0.895 bits per heavy atom. The third-order valence-electron chi connectivity index (χ3n) is 6.34. The van der Waals surface area contributed by atoms with E-state index in [2.05, 4.69) is 6.92 Å². The average molecular weight is 264 g/mol. The predicted molar refractivity (Wildman–Crippen MR) is 79.9 cm³/mol. The highest BCUT2D eigenvalue weighted by atomic mass is 16.3. The first kappa shape index (κ1) is 13.9. The van der Waals surface area contributed by atoms with Crippen molar-refractivity contribution in [1.82, 2.24) is 0 Å². The van der Waals surface area contributed by atoms with E-state index in [9.17, 15) is 5.11 Å². The Morgan fingerprint density at radius 2 is 1.47 bits per heavy atom. The molecule has 3 aliphatic rings. The van der Waals surface area contributed by atoms with Crippen molar-refractivity contribution in [3.05, 3.63) is 0 Å². The number of hydrogen-bond donors (Lipinski definition) is 1. The standard InChI is InChI=1S/C18H32O/c1-2-3-4-5-6-7-8-9-15(19)18-16-13-10-11-14(12-13)17(16)18/h13-19H,2-12H2,1H3. The maximum absolute atomic E-state index is 10.4. The molecular weight excluding hydrogens is 232 g/mol. The highest BCUT2D eigenvalue weighted by Crippen LogP contribution is 2.70. The normalized spacial score (nSPS) is 40.4. The van der Waals surface area contributed by atoms with Gasteiger partial charge in [0.1, 0.15) is 0 Å². The fourth-order valence-corrected chi connectivity index (χ4v) is 5.41. The van der Waals surface area contributed by atoms with E-state index in [1.54, 1.807) is 0 Å². The fraction of sp³-hybridized carbons (Fsp3) is 1.00. The van der Waals surface area contributed by atoms with Crippen LogP contribution in [0.4, 0.5) is 0 Å². The molecule has 0 aliphatic heterocycles. The Morgan fingerprint density at radius 3 is 2.11 bits per heavy atom. The molecule has 3 saturated carbocycles. The fourth-order valence-electron chi connectivity index (χ4n) is 5.41. The van der Waals surface area contributed by atoms with Crippen LogP contribution < -0.4 is 0 Å². The van der Waals surface area contributed by atoms with Gasteiger partial charge in [0, 0.05) is 0 Å². The van der Waals surface area contributed by atoms with Crippen LogP contribution in [0.25, 0.3) is 0 Å². The molecule has 0 saturated heterocycles. The van der Waals surface area contributed by atoms with Crippen LogP contribution in [0, 0.1) is 29.6 Å². The number of fused-ring (bicyclic) bond motifs is 5.